The zero-order chi connectivity index (χ0) is 42.9. The third kappa shape index (κ3) is 9.80. The molecule has 0 radical (unpaired) electrons. The third-order valence-corrected chi connectivity index (χ3v) is 12.6. The number of aromatic nitrogens is 6. The normalized spacial score (nSPS) is 29.1. The van der Waals surface area contributed by atoms with Crippen LogP contribution >= 0.6 is 0 Å². The van der Waals surface area contributed by atoms with E-state index in [0.717, 1.165) is 60.7 Å². The predicted molar refractivity (Wildman–Crippen MR) is 233 cm³/mol. The molecule has 2 saturated heterocycles. The van der Waals surface area contributed by atoms with Crippen LogP contribution in [-0.4, -0.2) is 151 Å². The molecule has 2 aliphatic carbocycles. The van der Waals surface area contributed by atoms with Crippen LogP contribution in [0.1, 0.15) is 89.2 Å². The van der Waals surface area contributed by atoms with Crippen LogP contribution in [0, 0.1) is 0 Å². The van der Waals surface area contributed by atoms with Crippen molar-refractivity contribution in [3.63, 3.8) is 0 Å². The molecule has 8 rings (SSSR count). The minimum atomic E-state index is -1.16. The van der Waals surface area contributed by atoms with Gasteiger partial charge in [0.25, 0.3) is 0 Å². The number of fused-ring (bicyclic) bond motifs is 2. The first-order valence-electron chi connectivity index (χ1n) is 21.3. The number of hydrogen-bond acceptors (Lipinski definition) is 10. The summed E-state index contributed by atoms with van der Waals surface area (Å²) >= 11 is 0. The molecule has 4 aromatic rings. The average molecular weight is 829 g/mol. The molecule has 16 heteroatoms. The number of hydrogen-bond donors (Lipinski definition) is 4. The van der Waals surface area contributed by atoms with Crippen molar-refractivity contribution in [3.8, 4) is 0 Å². The van der Waals surface area contributed by atoms with E-state index in [-0.39, 0.29) is 47.8 Å². The number of likely N-dealkylation sites (N-methyl/N-ethyl adjacent to an activating group) is 2. The van der Waals surface area contributed by atoms with E-state index in [1.54, 1.807) is 26.0 Å². The number of halogens is 2. The van der Waals surface area contributed by atoms with Crippen molar-refractivity contribution >= 4 is 45.5 Å². The second-order valence-corrected chi connectivity index (χ2v) is 18.3. The average Bonchev–Trinajstić information content (AvgIpc) is 3.80. The zero-order valence-electron chi connectivity index (χ0n) is 36.3. The minimum absolute atomic E-state index is 0.0391. The molecule has 2 amide bonds. The zero-order valence-corrected chi connectivity index (χ0v) is 36.3. The molecule has 60 heavy (non-hydrogen) atoms. The number of amides is 2. The van der Waals surface area contributed by atoms with Gasteiger partial charge in [-0.15, -0.1) is 0 Å². The van der Waals surface area contributed by atoms with Gasteiger partial charge in [-0.05, 0) is 106 Å². The van der Waals surface area contributed by atoms with Crippen LogP contribution in [-0.2, 0) is 9.59 Å². The summed E-state index contributed by atoms with van der Waals surface area (Å²) in [5, 5.41) is 8.77. The molecule has 4 N–H and O–H groups in total. The van der Waals surface area contributed by atoms with Gasteiger partial charge in [0.15, 0.2) is 0 Å². The standard InChI is InChI=1S/2C22H31FN6O/c2*1-14-7-8-15(12-29(14)18(30)6-5-9-28(3)4)27-21-19-16(17-10-22(17,2)23)11-24-20(19)25-13-26-21/h2*5-6,11,13-15,17H,7-10,12H2,1-4H3,(H2,24,25,26,27)/b2*6-5+/t14-,15+,17?,22?;14-,15+,17+,22?/m00/s1. The number of carbonyl (C=O) groups excluding carboxylic acids is 2. The highest BCUT2D eigenvalue weighted by Gasteiger charge is 2.54. The lowest BCUT2D eigenvalue weighted by Crippen LogP contribution is -2.49. The summed E-state index contributed by atoms with van der Waals surface area (Å²) in [6, 6.07) is 0.575. The second-order valence-electron chi connectivity index (χ2n) is 18.3. The number of alkyl halides is 2. The van der Waals surface area contributed by atoms with Crippen molar-refractivity contribution in [1.82, 2.24) is 49.5 Å². The summed E-state index contributed by atoms with van der Waals surface area (Å²) in [5.41, 5.74) is 0.974. The summed E-state index contributed by atoms with van der Waals surface area (Å²) in [7, 11) is 7.90. The highest BCUT2D eigenvalue weighted by atomic mass is 19.1. The molecule has 324 valence electrons. The number of anilines is 2. The summed E-state index contributed by atoms with van der Waals surface area (Å²) in [4.78, 5) is 57.1. The van der Waals surface area contributed by atoms with Crippen LogP contribution in [0.3, 0.4) is 0 Å². The van der Waals surface area contributed by atoms with Gasteiger partial charge in [-0.3, -0.25) is 9.59 Å². The quantitative estimate of drug-likeness (QED) is 0.122. The Morgan fingerprint density at radius 2 is 1.10 bits per heavy atom. The summed E-state index contributed by atoms with van der Waals surface area (Å²) < 4.78 is 28.7. The van der Waals surface area contributed by atoms with E-state index in [0.29, 0.717) is 48.9 Å². The van der Waals surface area contributed by atoms with E-state index in [1.165, 1.54) is 12.7 Å². The van der Waals surface area contributed by atoms with Gasteiger partial charge >= 0.3 is 0 Å². The Balaban J connectivity index is 0.000000181. The molecule has 0 aromatic carbocycles. The summed E-state index contributed by atoms with van der Waals surface area (Å²) in [5.74, 6) is 1.27. The molecule has 8 atom stereocenters. The van der Waals surface area contributed by atoms with Crippen molar-refractivity contribution < 1.29 is 18.4 Å². The second kappa shape index (κ2) is 17.6. The van der Waals surface area contributed by atoms with E-state index in [4.69, 9.17) is 0 Å². The SMILES string of the molecule is C[C@H]1CC[C@@H](Nc2ncnc3[nH]cc(C4CC4(C)F)c23)CN1C(=O)/C=C/CN(C)C.C[C@H]1CC[C@@H](Nc2ncnc3[nH]cc([C@H]4CC4(C)F)c23)CN1C(=O)/C=C/CN(C)C. The number of rotatable bonds is 12. The third-order valence-electron chi connectivity index (χ3n) is 12.6. The Kier molecular flexibility index (Phi) is 12.6. The van der Waals surface area contributed by atoms with Crippen LogP contribution < -0.4 is 10.6 Å². The van der Waals surface area contributed by atoms with Crippen molar-refractivity contribution in [1.29, 1.82) is 0 Å². The molecule has 2 saturated carbocycles. The number of likely N-dealkylation sites (tertiary alicyclic amines) is 2. The molecule has 0 spiro atoms. The van der Waals surface area contributed by atoms with Crippen molar-refractivity contribution in [2.24, 2.45) is 0 Å². The van der Waals surface area contributed by atoms with Gasteiger partial charge in [0.1, 0.15) is 46.9 Å². The lowest BCUT2D eigenvalue weighted by Gasteiger charge is -2.38. The number of aromatic amines is 2. The lowest BCUT2D eigenvalue weighted by atomic mass is 9.98. The van der Waals surface area contributed by atoms with Crippen LogP contribution in [0.4, 0.5) is 20.4 Å². The molecule has 0 bridgehead atoms. The van der Waals surface area contributed by atoms with Gasteiger partial charge in [0.2, 0.25) is 11.8 Å². The molecule has 3 unspecified atom stereocenters. The summed E-state index contributed by atoms with van der Waals surface area (Å²) in [6.07, 6.45) is 18.7. The van der Waals surface area contributed by atoms with Crippen molar-refractivity contribution in [3.05, 3.63) is 60.5 Å². The number of carbonyl (C=O) groups is 2. The first-order chi connectivity index (χ1) is 28.5. The first kappa shape index (κ1) is 43.1. The van der Waals surface area contributed by atoms with Gasteiger partial charge < -0.3 is 40.2 Å². The molecular weight excluding hydrogens is 767 g/mol. The van der Waals surface area contributed by atoms with Gasteiger partial charge in [0, 0.05) is 86.7 Å². The van der Waals surface area contributed by atoms with Gasteiger partial charge in [0.05, 0.1) is 10.8 Å². The number of H-pyrrole nitrogens is 2. The van der Waals surface area contributed by atoms with Crippen LogP contribution in [0.5, 0.6) is 0 Å². The Morgan fingerprint density at radius 1 is 0.717 bits per heavy atom. The van der Waals surface area contributed by atoms with Crippen LogP contribution in [0.15, 0.2) is 49.4 Å². The largest absolute Gasteiger partial charge is 0.365 e. The van der Waals surface area contributed by atoms with Gasteiger partial charge in [-0.1, -0.05) is 12.2 Å². The Hall–Kier alpha value is -4.96. The fourth-order valence-corrected chi connectivity index (χ4v) is 8.66. The maximum atomic E-state index is 14.4. The number of piperidine rings is 2. The smallest absolute Gasteiger partial charge is 0.246 e. The topological polar surface area (TPSA) is 154 Å². The van der Waals surface area contributed by atoms with E-state index in [2.05, 4.69) is 54.4 Å². The monoisotopic (exact) mass is 829 g/mol. The van der Waals surface area contributed by atoms with Crippen molar-refractivity contribution in [2.75, 3.05) is 65.0 Å². The molecule has 14 nitrogen and oxygen atoms in total. The van der Waals surface area contributed by atoms with Gasteiger partial charge in [-0.2, -0.15) is 0 Å². The van der Waals surface area contributed by atoms with Gasteiger partial charge in [-0.25, -0.2) is 28.7 Å². The fraction of sp³-hybridized carbons (Fsp3) is 0.591. The predicted octanol–water partition coefficient (Wildman–Crippen LogP) is 6.17. The molecule has 4 aromatic heterocycles. The fourth-order valence-electron chi connectivity index (χ4n) is 8.66. The van der Waals surface area contributed by atoms with E-state index in [1.807, 2.05) is 72.3 Å². The summed E-state index contributed by atoms with van der Waals surface area (Å²) in [6.45, 7) is 10.2. The van der Waals surface area contributed by atoms with E-state index < -0.39 is 11.3 Å². The van der Waals surface area contributed by atoms with Crippen LogP contribution in [0.25, 0.3) is 22.1 Å². The molecule has 2 aliphatic heterocycles. The lowest BCUT2D eigenvalue weighted by molar-refractivity contribution is -0.130. The van der Waals surface area contributed by atoms with Crippen LogP contribution in [0.2, 0.25) is 0 Å². The van der Waals surface area contributed by atoms with E-state index in [9.17, 15) is 18.4 Å². The highest BCUT2D eigenvalue weighted by molar-refractivity contribution is 5.93. The maximum Gasteiger partial charge on any atom is 0.246 e. The molecule has 4 fully saturated rings. The molecule has 6 heterocycles. The Morgan fingerprint density at radius 3 is 1.45 bits per heavy atom. The van der Waals surface area contributed by atoms with Crippen molar-refractivity contribution in [2.45, 2.75) is 114 Å². The molecule has 4 aliphatic rings. The molecular formula is C44H62F2N12O2. The number of nitrogens with one attached hydrogen (secondary N) is 4. The Labute approximate surface area is 351 Å². The maximum absolute atomic E-state index is 14.4. The first-order valence-corrected chi connectivity index (χ1v) is 21.3. The highest BCUT2D eigenvalue weighted by Crippen LogP contribution is 2.57. The Bertz CT molecular complexity index is 2060. The van der Waals surface area contributed by atoms with E-state index >= 15 is 0 Å². The minimum Gasteiger partial charge on any atom is -0.365 e. The number of nitrogens with zero attached hydrogens (tertiary/aromatic N) is 8.